The summed E-state index contributed by atoms with van der Waals surface area (Å²) in [5, 5.41) is 9.73. The zero-order valence-corrected chi connectivity index (χ0v) is 28.4. The predicted molar refractivity (Wildman–Crippen MR) is 175 cm³/mol. The summed E-state index contributed by atoms with van der Waals surface area (Å²) < 4.78 is 60.2. The average molecular weight is 701 g/mol. The third kappa shape index (κ3) is 7.18. The average Bonchev–Trinajstić information content (AvgIpc) is 3.71. The van der Waals surface area contributed by atoms with Crippen LogP contribution >= 0.6 is 11.6 Å². The fraction of sp³-hybridized carbons (Fsp3) is 0.472. The van der Waals surface area contributed by atoms with Gasteiger partial charge in [0, 0.05) is 36.8 Å². The SMILES string of the molecule is CC(C)(C)OC(=O)N1CCCC1[C@@]1(c2ccccc2)Cc2c(cc(F)c(Cl)c2-c2nc(OCCOC3CCCCO3)c(F)cc2C(=O)O)O1. The van der Waals surface area contributed by atoms with Gasteiger partial charge in [-0.2, -0.15) is 0 Å². The molecule has 6 rings (SSSR count). The molecule has 4 heterocycles. The monoisotopic (exact) mass is 700 g/mol. The summed E-state index contributed by atoms with van der Waals surface area (Å²) in [6.45, 7) is 6.33. The van der Waals surface area contributed by atoms with Gasteiger partial charge in [0.1, 0.15) is 23.8 Å². The van der Waals surface area contributed by atoms with Crippen LogP contribution in [0.5, 0.6) is 11.6 Å². The van der Waals surface area contributed by atoms with Crippen LogP contribution in [0, 0.1) is 11.6 Å². The maximum absolute atomic E-state index is 15.7. The smallest absolute Gasteiger partial charge is 0.410 e. The van der Waals surface area contributed by atoms with Gasteiger partial charge in [-0.25, -0.2) is 23.4 Å². The molecule has 0 bridgehead atoms. The largest absolute Gasteiger partial charge is 0.480 e. The number of nitrogens with zero attached hydrogens (tertiary/aromatic N) is 2. The molecule has 0 radical (unpaired) electrons. The number of amides is 1. The number of aromatic nitrogens is 1. The van der Waals surface area contributed by atoms with E-state index in [1.807, 2.05) is 30.3 Å². The van der Waals surface area contributed by atoms with Crippen molar-refractivity contribution in [2.75, 3.05) is 26.4 Å². The molecule has 3 aliphatic rings. The van der Waals surface area contributed by atoms with Gasteiger partial charge in [0.05, 0.1) is 28.9 Å². The van der Waals surface area contributed by atoms with E-state index < -0.39 is 57.4 Å². The summed E-state index contributed by atoms with van der Waals surface area (Å²) in [6, 6.07) is 10.6. The first-order valence-electron chi connectivity index (χ1n) is 16.4. The second kappa shape index (κ2) is 14.1. The summed E-state index contributed by atoms with van der Waals surface area (Å²) >= 11 is 6.63. The standard InChI is InChI=1S/C36H39ClF2N2O8/c1-35(2,3)49-34(44)41-14-9-12-27(41)36(21-10-5-4-6-11-21)20-23-26(48-36)19-24(38)30(37)29(23)31-22(33(42)43)18-25(39)32(40-31)47-17-16-46-28-13-7-8-15-45-28/h4-6,10-11,18-19,27-28H,7-9,12-17,20H2,1-3H3,(H,42,43)/t27?,28?,36-/m0/s1. The minimum Gasteiger partial charge on any atom is -0.480 e. The molecule has 49 heavy (non-hydrogen) atoms. The van der Waals surface area contributed by atoms with E-state index in [-0.39, 0.29) is 42.9 Å². The molecule has 3 aliphatic heterocycles. The van der Waals surface area contributed by atoms with Crippen molar-refractivity contribution in [1.82, 2.24) is 9.88 Å². The first-order valence-corrected chi connectivity index (χ1v) is 16.8. The van der Waals surface area contributed by atoms with E-state index in [0.717, 1.165) is 31.4 Å². The van der Waals surface area contributed by atoms with Crippen LogP contribution in [-0.4, -0.2) is 71.4 Å². The number of likely N-dealkylation sites (tertiary alicyclic amines) is 1. The molecule has 0 spiro atoms. The second-order valence-electron chi connectivity index (χ2n) is 13.4. The maximum atomic E-state index is 15.7. The summed E-state index contributed by atoms with van der Waals surface area (Å²) in [7, 11) is 0. The van der Waals surface area contributed by atoms with Gasteiger partial charge >= 0.3 is 12.1 Å². The number of aromatic carboxylic acids is 1. The fourth-order valence-corrected chi connectivity index (χ4v) is 7.04. The third-order valence-electron chi connectivity index (χ3n) is 8.87. The first kappa shape index (κ1) is 34.8. The second-order valence-corrected chi connectivity index (χ2v) is 13.8. The molecule has 2 unspecified atom stereocenters. The Kier molecular flexibility index (Phi) is 10.0. The molecule has 1 amide bonds. The minimum absolute atomic E-state index is 0.0645. The lowest BCUT2D eigenvalue weighted by Gasteiger charge is -2.40. The number of carboxylic acid groups (broad SMARTS) is 1. The maximum Gasteiger partial charge on any atom is 0.410 e. The van der Waals surface area contributed by atoms with E-state index in [1.54, 1.807) is 25.7 Å². The molecular formula is C36H39ClF2N2O8. The number of carbonyl (C=O) groups is 2. The van der Waals surface area contributed by atoms with E-state index in [0.29, 0.717) is 37.1 Å². The number of carbonyl (C=O) groups excluding carboxylic acids is 1. The van der Waals surface area contributed by atoms with E-state index in [1.165, 1.54) is 0 Å². The molecule has 262 valence electrons. The Morgan fingerprint density at radius 1 is 1.08 bits per heavy atom. The lowest BCUT2D eigenvalue weighted by Crippen LogP contribution is -2.53. The lowest BCUT2D eigenvalue weighted by atomic mass is 9.80. The quantitative estimate of drug-likeness (QED) is 0.226. The predicted octanol–water partition coefficient (Wildman–Crippen LogP) is 7.53. The minimum atomic E-state index is -1.50. The van der Waals surface area contributed by atoms with Crippen LogP contribution < -0.4 is 9.47 Å². The number of fused-ring (bicyclic) bond motifs is 1. The normalized spacial score (nSPS) is 22.0. The fourth-order valence-electron chi connectivity index (χ4n) is 6.79. The van der Waals surface area contributed by atoms with Crippen LogP contribution in [0.3, 0.4) is 0 Å². The third-order valence-corrected chi connectivity index (χ3v) is 9.24. The molecule has 2 fully saturated rings. The Morgan fingerprint density at radius 3 is 2.55 bits per heavy atom. The van der Waals surface area contributed by atoms with Crippen LogP contribution in [0.2, 0.25) is 5.02 Å². The molecule has 1 N–H and O–H groups in total. The highest BCUT2D eigenvalue weighted by Crippen LogP contribution is 2.53. The van der Waals surface area contributed by atoms with E-state index in [4.69, 9.17) is 35.3 Å². The van der Waals surface area contributed by atoms with Gasteiger partial charge in [0.15, 0.2) is 17.7 Å². The van der Waals surface area contributed by atoms with Gasteiger partial charge in [-0.15, -0.1) is 0 Å². The van der Waals surface area contributed by atoms with Crippen molar-refractivity contribution in [3.05, 3.63) is 75.8 Å². The van der Waals surface area contributed by atoms with Crippen molar-refractivity contribution in [3.63, 3.8) is 0 Å². The molecular weight excluding hydrogens is 662 g/mol. The van der Waals surface area contributed by atoms with Crippen LogP contribution in [0.4, 0.5) is 13.6 Å². The molecule has 3 atom stereocenters. The van der Waals surface area contributed by atoms with Crippen LogP contribution in [0.1, 0.15) is 74.4 Å². The van der Waals surface area contributed by atoms with Crippen LogP contribution in [0.15, 0.2) is 42.5 Å². The lowest BCUT2D eigenvalue weighted by molar-refractivity contribution is -0.165. The zero-order chi connectivity index (χ0) is 34.9. The van der Waals surface area contributed by atoms with Crippen molar-refractivity contribution in [3.8, 4) is 22.9 Å². The van der Waals surface area contributed by atoms with Gasteiger partial charge in [-0.05, 0) is 64.5 Å². The molecule has 2 saturated heterocycles. The van der Waals surface area contributed by atoms with E-state index in [9.17, 15) is 14.7 Å². The van der Waals surface area contributed by atoms with E-state index in [2.05, 4.69) is 4.98 Å². The molecule has 2 aromatic carbocycles. The Morgan fingerprint density at radius 2 is 1.86 bits per heavy atom. The van der Waals surface area contributed by atoms with Crippen molar-refractivity contribution in [2.24, 2.45) is 0 Å². The molecule has 10 nitrogen and oxygen atoms in total. The Balaban J connectivity index is 1.40. The Hall–Kier alpha value is -4.00. The topological polar surface area (TPSA) is 117 Å². The number of hydrogen-bond acceptors (Lipinski definition) is 8. The van der Waals surface area contributed by atoms with Gasteiger partial charge < -0.3 is 33.7 Å². The number of ether oxygens (including phenoxy) is 5. The highest BCUT2D eigenvalue weighted by atomic mass is 35.5. The van der Waals surface area contributed by atoms with Gasteiger partial charge in [-0.1, -0.05) is 41.9 Å². The number of halogens is 3. The highest BCUT2D eigenvalue weighted by molar-refractivity contribution is 6.34. The summed E-state index contributed by atoms with van der Waals surface area (Å²) in [4.78, 5) is 31.9. The van der Waals surface area contributed by atoms with Crippen LogP contribution in [-0.2, 0) is 26.2 Å². The number of carboxylic acids is 1. The van der Waals surface area contributed by atoms with Gasteiger partial charge in [-0.3, -0.25) is 0 Å². The summed E-state index contributed by atoms with van der Waals surface area (Å²) in [5.74, 6) is -3.81. The van der Waals surface area contributed by atoms with Gasteiger partial charge in [0.25, 0.3) is 5.88 Å². The molecule has 3 aromatic rings. The summed E-state index contributed by atoms with van der Waals surface area (Å²) in [5.41, 5.74) is -1.80. The van der Waals surface area contributed by atoms with E-state index >= 15 is 8.78 Å². The number of rotatable bonds is 9. The molecule has 1 aromatic heterocycles. The Bertz CT molecular complexity index is 1710. The van der Waals surface area contributed by atoms with Gasteiger partial charge in [0.2, 0.25) is 0 Å². The Labute approximate surface area is 288 Å². The number of hydrogen-bond donors (Lipinski definition) is 1. The molecule has 13 heteroatoms. The van der Waals surface area contributed by atoms with Crippen molar-refractivity contribution >= 4 is 23.7 Å². The number of benzene rings is 2. The molecule has 0 aliphatic carbocycles. The zero-order valence-electron chi connectivity index (χ0n) is 27.6. The van der Waals surface area contributed by atoms with Crippen LogP contribution in [0.25, 0.3) is 11.3 Å². The van der Waals surface area contributed by atoms with Crippen molar-refractivity contribution in [1.29, 1.82) is 0 Å². The van der Waals surface area contributed by atoms with Crippen molar-refractivity contribution in [2.45, 2.75) is 82.8 Å². The molecule has 0 saturated carbocycles. The summed E-state index contributed by atoms with van der Waals surface area (Å²) in [6.07, 6.45) is 3.04. The first-order chi connectivity index (χ1) is 23.4. The highest BCUT2D eigenvalue weighted by Gasteiger charge is 2.54. The number of pyridine rings is 1. The van der Waals surface area contributed by atoms with Crippen molar-refractivity contribution < 1.29 is 47.2 Å².